The summed E-state index contributed by atoms with van der Waals surface area (Å²) >= 11 is 8.01. The molecule has 10 heteroatoms. The Hall–Kier alpha value is -3.63. The molecule has 3 aromatic carbocycles. The first-order valence-corrected chi connectivity index (χ1v) is 14.7. The lowest BCUT2D eigenvalue weighted by molar-refractivity contribution is 0.217. The van der Waals surface area contributed by atoms with Crippen LogP contribution in [0.2, 0.25) is 5.02 Å². The van der Waals surface area contributed by atoms with Crippen molar-refractivity contribution < 1.29 is 14.2 Å². The third-order valence-corrected chi connectivity index (χ3v) is 9.25. The molecule has 1 aliphatic heterocycles. The van der Waals surface area contributed by atoms with Gasteiger partial charge in [-0.25, -0.2) is 19.3 Å². The third-order valence-electron chi connectivity index (χ3n) is 7.94. The second kappa shape index (κ2) is 11.0. The van der Waals surface area contributed by atoms with Crippen molar-refractivity contribution in [1.82, 2.24) is 19.9 Å². The molecule has 5 aromatic rings. The van der Waals surface area contributed by atoms with Crippen molar-refractivity contribution in [2.75, 3.05) is 25.0 Å². The van der Waals surface area contributed by atoms with Gasteiger partial charge in [0.1, 0.15) is 39.9 Å². The molecule has 1 saturated heterocycles. The van der Waals surface area contributed by atoms with E-state index in [4.69, 9.17) is 21.3 Å². The fourth-order valence-corrected chi connectivity index (χ4v) is 6.88. The Morgan fingerprint density at radius 3 is 2.61 bits per heavy atom. The highest BCUT2D eigenvalue weighted by atomic mass is 35.5. The van der Waals surface area contributed by atoms with Crippen LogP contribution in [-0.4, -0.2) is 44.7 Å². The lowest BCUT2D eigenvalue weighted by atomic mass is 10.1. The van der Waals surface area contributed by atoms with Gasteiger partial charge in [-0.05, 0) is 59.2 Å². The fraction of sp³-hybridized carbons (Fsp3) is 0.258. The van der Waals surface area contributed by atoms with Crippen LogP contribution in [0, 0.1) is 23.6 Å². The van der Waals surface area contributed by atoms with Crippen molar-refractivity contribution in [3.63, 3.8) is 0 Å². The quantitative estimate of drug-likeness (QED) is 0.203. The molecule has 2 fully saturated rings. The van der Waals surface area contributed by atoms with E-state index in [9.17, 15) is 9.50 Å². The summed E-state index contributed by atoms with van der Waals surface area (Å²) < 4.78 is 19.2. The summed E-state index contributed by atoms with van der Waals surface area (Å²) in [7, 11) is 0. The maximum absolute atomic E-state index is 13.4. The molecular weight excluding hydrogens is 561 g/mol. The van der Waals surface area contributed by atoms with Crippen LogP contribution in [0.5, 0.6) is 5.75 Å². The van der Waals surface area contributed by atoms with Gasteiger partial charge in [-0.2, -0.15) is 0 Å². The molecule has 2 atom stereocenters. The molecule has 7 nitrogen and oxygen atoms in total. The Bertz CT molecular complexity index is 1700. The lowest BCUT2D eigenvalue weighted by Crippen LogP contribution is -2.24. The van der Waals surface area contributed by atoms with Crippen LogP contribution in [0.25, 0.3) is 20.9 Å². The number of thiazole rings is 1. The number of ether oxygens (including phenoxy) is 1. The predicted molar refractivity (Wildman–Crippen MR) is 159 cm³/mol. The van der Waals surface area contributed by atoms with Crippen LogP contribution < -0.4 is 10.1 Å². The standard InChI is InChI=1S/C31H27ClFN5O2S/c32-26-11-22(8-9-27(26)40-16-19-2-1-3-21(33)10-19)36-29-28-31(35-17-34-29)41-30(37-28)20-6-4-18(5-7-20)12-38-13-23-24(14-38)25(23)15-39/h1-11,17,23-25,39H,12-16H2,(H,34,35,36). The van der Waals surface area contributed by atoms with Crippen molar-refractivity contribution in [3.8, 4) is 16.3 Å². The highest BCUT2D eigenvalue weighted by Gasteiger charge is 2.54. The van der Waals surface area contributed by atoms with E-state index in [1.807, 2.05) is 6.07 Å². The Morgan fingerprint density at radius 2 is 1.85 bits per heavy atom. The van der Waals surface area contributed by atoms with Gasteiger partial charge < -0.3 is 15.2 Å². The zero-order chi connectivity index (χ0) is 27.9. The second-order valence-corrected chi connectivity index (χ2v) is 12.0. The number of anilines is 2. The number of rotatable bonds is 9. The molecule has 0 bridgehead atoms. The molecule has 0 radical (unpaired) electrons. The summed E-state index contributed by atoms with van der Waals surface area (Å²) in [4.78, 5) is 17.0. The average molecular weight is 588 g/mol. The van der Waals surface area contributed by atoms with Gasteiger partial charge in [-0.1, -0.05) is 59.3 Å². The van der Waals surface area contributed by atoms with Crippen molar-refractivity contribution >= 4 is 44.8 Å². The molecule has 2 N–H and O–H groups in total. The summed E-state index contributed by atoms with van der Waals surface area (Å²) in [5, 5.41) is 14.0. The molecule has 1 aliphatic carbocycles. The molecule has 1 saturated carbocycles. The number of nitrogens with one attached hydrogen (secondary N) is 1. The number of fused-ring (bicyclic) bond motifs is 2. The van der Waals surface area contributed by atoms with E-state index in [0.717, 1.165) is 46.3 Å². The summed E-state index contributed by atoms with van der Waals surface area (Å²) in [6, 6.07) is 20.2. The molecule has 7 rings (SSSR count). The van der Waals surface area contributed by atoms with Crippen LogP contribution in [-0.2, 0) is 13.2 Å². The van der Waals surface area contributed by atoms with E-state index in [0.29, 0.717) is 46.5 Å². The highest BCUT2D eigenvalue weighted by molar-refractivity contribution is 7.21. The van der Waals surface area contributed by atoms with Crippen LogP contribution in [0.15, 0.2) is 73.1 Å². The maximum Gasteiger partial charge on any atom is 0.161 e. The van der Waals surface area contributed by atoms with Gasteiger partial charge in [0.15, 0.2) is 5.82 Å². The minimum atomic E-state index is -0.304. The van der Waals surface area contributed by atoms with E-state index in [1.54, 1.807) is 24.3 Å². The minimum Gasteiger partial charge on any atom is -0.487 e. The van der Waals surface area contributed by atoms with Gasteiger partial charge in [0.05, 0.1) is 5.02 Å². The van der Waals surface area contributed by atoms with E-state index >= 15 is 0 Å². The number of hydrogen-bond donors (Lipinski definition) is 2. The summed E-state index contributed by atoms with van der Waals surface area (Å²) in [5.41, 5.74) is 4.46. The van der Waals surface area contributed by atoms with Gasteiger partial charge >= 0.3 is 0 Å². The Kier molecular flexibility index (Phi) is 7.04. The summed E-state index contributed by atoms with van der Waals surface area (Å²) in [5.74, 6) is 2.68. The first-order chi connectivity index (χ1) is 20.0. The van der Waals surface area contributed by atoms with E-state index in [-0.39, 0.29) is 12.4 Å². The molecule has 41 heavy (non-hydrogen) atoms. The highest BCUT2D eigenvalue weighted by Crippen LogP contribution is 2.51. The molecule has 3 heterocycles. The predicted octanol–water partition coefficient (Wildman–Crippen LogP) is 6.54. The molecule has 2 aliphatic rings. The van der Waals surface area contributed by atoms with Crippen molar-refractivity contribution in [1.29, 1.82) is 0 Å². The van der Waals surface area contributed by atoms with Crippen LogP contribution in [0.1, 0.15) is 11.1 Å². The van der Waals surface area contributed by atoms with Crippen molar-refractivity contribution in [2.24, 2.45) is 17.8 Å². The van der Waals surface area contributed by atoms with E-state index in [2.05, 4.69) is 44.5 Å². The second-order valence-electron chi connectivity index (χ2n) is 10.6. The van der Waals surface area contributed by atoms with Crippen molar-refractivity contribution in [2.45, 2.75) is 13.2 Å². The number of likely N-dealkylation sites (tertiary alicyclic amines) is 1. The van der Waals surface area contributed by atoms with Crippen LogP contribution >= 0.6 is 22.9 Å². The zero-order valence-electron chi connectivity index (χ0n) is 22.0. The number of hydrogen-bond acceptors (Lipinski definition) is 8. The normalized spacial score (nSPS) is 19.8. The average Bonchev–Trinajstić information content (AvgIpc) is 3.26. The molecule has 0 amide bonds. The van der Waals surface area contributed by atoms with Gasteiger partial charge in [-0.15, -0.1) is 0 Å². The SMILES string of the molecule is OCC1C2CN(Cc3ccc(-c4nc5c(Nc6ccc(OCc7cccc(F)c7)c(Cl)c6)ncnc5s4)cc3)CC12. The number of benzene rings is 3. The maximum atomic E-state index is 13.4. The summed E-state index contributed by atoms with van der Waals surface area (Å²) in [6.45, 7) is 3.64. The molecule has 2 aromatic heterocycles. The topological polar surface area (TPSA) is 83.4 Å². The molecule has 0 spiro atoms. The van der Waals surface area contributed by atoms with Crippen molar-refractivity contribution in [3.05, 3.63) is 95.0 Å². The number of aliphatic hydroxyl groups excluding tert-OH is 1. The van der Waals surface area contributed by atoms with Crippen LogP contribution in [0.3, 0.4) is 0 Å². The number of nitrogens with zero attached hydrogens (tertiary/aromatic N) is 4. The Balaban J connectivity index is 1.03. The van der Waals surface area contributed by atoms with Crippen LogP contribution in [0.4, 0.5) is 15.9 Å². The fourth-order valence-electron chi connectivity index (χ4n) is 5.74. The zero-order valence-corrected chi connectivity index (χ0v) is 23.6. The first-order valence-electron chi connectivity index (χ1n) is 13.5. The van der Waals surface area contributed by atoms with Gasteiger partial charge in [0.25, 0.3) is 0 Å². The largest absolute Gasteiger partial charge is 0.487 e. The molecular formula is C31H27ClFN5O2S. The number of piperidine rings is 1. The monoisotopic (exact) mass is 587 g/mol. The summed E-state index contributed by atoms with van der Waals surface area (Å²) in [6.07, 6.45) is 1.52. The number of aromatic nitrogens is 3. The number of aliphatic hydroxyl groups is 1. The van der Waals surface area contributed by atoms with E-state index in [1.165, 1.54) is 35.4 Å². The Labute approximate surface area is 245 Å². The Morgan fingerprint density at radius 1 is 1.02 bits per heavy atom. The third kappa shape index (κ3) is 5.50. The lowest BCUT2D eigenvalue weighted by Gasteiger charge is -2.19. The smallest absolute Gasteiger partial charge is 0.161 e. The van der Waals surface area contributed by atoms with Gasteiger partial charge in [0.2, 0.25) is 0 Å². The van der Waals surface area contributed by atoms with Gasteiger partial charge in [-0.3, -0.25) is 4.90 Å². The number of halogens is 2. The first kappa shape index (κ1) is 26.3. The van der Waals surface area contributed by atoms with Gasteiger partial charge in [0, 0.05) is 37.5 Å². The van der Waals surface area contributed by atoms with E-state index < -0.39 is 0 Å². The molecule has 2 unspecified atom stereocenters. The molecule has 208 valence electrons. The minimum absolute atomic E-state index is 0.212.